The third-order valence-electron chi connectivity index (χ3n) is 3.99. The number of nitrogens with one attached hydrogen (secondary N) is 2. The summed E-state index contributed by atoms with van der Waals surface area (Å²) in [6.07, 6.45) is 4.29. The standard InChI is InChI=1S/C18H18N4O/c1-23-14-9-5-12(6-10-14)15-3-2-4-17-16(15)11-19-18(20-17)22-21-13-7-8-13/h2-6,9-11,13,21H,7-8H2,1H3,(H,19,20,22). The van der Waals surface area contributed by atoms with Crippen LogP contribution in [0.3, 0.4) is 0 Å². The Balaban J connectivity index is 1.68. The average molecular weight is 306 g/mol. The quantitative estimate of drug-likeness (QED) is 0.708. The van der Waals surface area contributed by atoms with Gasteiger partial charge in [-0.1, -0.05) is 24.3 Å². The van der Waals surface area contributed by atoms with Gasteiger partial charge < -0.3 is 4.74 Å². The monoisotopic (exact) mass is 306 g/mol. The first-order chi connectivity index (χ1) is 11.3. The molecular formula is C18H18N4O. The minimum Gasteiger partial charge on any atom is -0.497 e. The van der Waals surface area contributed by atoms with Gasteiger partial charge in [0.2, 0.25) is 5.95 Å². The third kappa shape index (κ3) is 2.96. The van der Waals surface area contributed by atoms with Crippen LogP contribution in [0.25, 0.3) is 22.0 Å². The molecule has 1 heterocycles. The lowest BCUT2D eigenvalue weighted by Gasteiger charge is -2.09. The van der Waals surface area contributed by atoms with E-state index in [-0.39, 0.29) is 0 Å². The van der Waals surface area contributed by atoms with E-state index in [1.165, 1.54) is 12.8 Å². The van der Waals surface area contributed by atoms with Crippen molar-refractivity contribution in [3.05, 3.63) is 48.7 Å². The largest absolute Gasteiger partial charge is 0.497 e. The van der Waals surface area contributed by atoms with Gasteiger partial charge in [0.25, 0.3) is 0 Å². The van der Waals surface area contributed by atoms with E-state index in [9.17, 15) is 0 Å². The summed E-state index contributed by atoms with van der Waals surface area (Å²) in [6, 6.07) is 14.7. The second-order valence-electron chi connectivity index (χ2n) is 5.70. The van der Waals surface area contributed by atoms with Crippen molar-refractivity contribution in [2.75, 3.05) is 12.5 Å². The predicted octanol–water partition coefficient (Wildman–Crippen LogP) is 3.38. The topological polar surface area (TPSA) is 59.1 Å². The number of aromatic nitrogens is 2. The molecule has 4 rings (SSSR count). The highest BCUT2D eigenvalue weighted by atomic mass is 16.5. The number of benzene rings is 2. The summed E-state index contributed by atoms with van der Waals surface area (Å²) in [5, 5.41) is 1.04. The summed E-state index contributed by atoms with van der Waals surface area (Å²) in [4.78, 5) is 9.00. The van der Waals surface area contributed by atoms with Gasteiger partial charge in [0.15, 0.2) is 0 Å². The maximum atomic E-state index is 5.22. The molecule has 1 fully saturated rings. The Bertz CT molecular complexity index is 828. The van der Waals surface area contributed by atoms with Crippen molar-refractivity contribution in [1.82, 2.24) is 15.4 Å². The van der Waals surface area contributed by atoms with Gasteiger partial charge in [0.05, 0.1) is 12.6 Å². The molecule has 2 aromatic carbocycles. The maximum Gasteiger partial charge on any atom is 0.237 e. The minimum absolute atomic E-state index is 0.555. The van der Waals surface area contributed by atoms with Crippen LogP contribution in [-0.2, 0) is 0 Å². The van der Waals surface area contributed by atoms with Gasteiger partial charge in [0, 0.05) is 17.6 Å². The predicted molar refractivity (Wildman–Crippen MR) is 91.3 cm³/mol. The lowest BCUT2D eigenvalue weighted by molar-refractivity contribution is 0.415. The molecule has 1 aromatic heterocycles. The molecule has 5 nitrogen and oxygen atoms in total. The lowest BCUT2D eigenvalue weighted by atomic mass is 10.0. The van der Waals surface area contributed by atoms with Gasteiger partial charge in [-0.3, -0.25) is 5.43 Å². The van der Waals surface area contributed by atoms with Crippen LogP contribution >= 0.6 is 0 Å². The number of hydrogen-bond donors (Lipinski definition) is 2. The molecule has 23 heavy (non-hydrogen) atoms. The molecule has 0 amide bonds. The van der Waals surface area contributed by atoms with E-state index < -0.39 is 0 Å². The highest BCUT2D eigenvalue weighted by molar-refractivity contribution is 5.94. The summed E-state index contributed by atoms with van der Waals surface area (Å²) < 4.78 is 5.22. The second kappa shape index (κ2) is 5.85. The molecule has 0 atom stereocenters. The smallest absolute Gasteiger partial charge is 0.237 e. The van der Waals surface area contributed by atoms with Crippen molar-refractivity contribution in [3.8, 4) is 16.9 Å². The van der Waals surface area contributed by atoms with E-state index in [0.717, 1.165) is 27.8 Å². The number of hydrazine groups is 1. The van der Waals surface area contributed by atoms with Crippen LogP contribution < -0.4 is 15.6 Å². The molecule has 3 aromatic rings. The van der Waals surface area contributed by atoms with Gasteiger partial charge in [0.1, 0.15) is 5.75 Å². The highest BCUT2D eigenvalue weighted by Gasteiger charge is 2.20. The van der Waals surface area contributed by atoms with Crippen molar-refractivity contribution >= 4 is 16.9 Å². The molecule has 1 saturated carbocycles. The molecule has 0 saturated heterocycles. The van der Waals surface area contributed by atoms with Crippen LogP contribution in [0, 0.1) is 0 Å². The molecule has 0 radical (unpaired) electrons. The second-order valence-corrected chi connectivity index (χ2v) is 5.70. The molecule has 5 heteroatoms. The Morgan fingerprint density at radius 3 is 2.65 bits per heavy atom. The van der Waals surface area contributed by atoms with Crippen molar-refractivity contribution in [1.29, 1.82) is 0 Å². The maximum absolute atomic E-state index is 5.22. The van der Waals surface area contributed by atoms with Crippen LogP contribution in [0.15, 0.2) is 48.7 Å². The van der Waals surface area contributed by atoms with Crippen LogP contribution in [0.5, 0.6) is 5.75 Å². The zero-order valence-electron chi connectivity index (χ0n) is 12.9. The van der Waals surface area contributed by atoms with Crippen LogP contribution in [0.2, 0.25) is 0 Å². The Kier molecular flexibility index (Phi) is 3.55. The Morgan fingerprint density at radius 2 is 1.91 bits per heavy atom. The molecule has 1 aliphatic carbocycles. The first-order valence-electron chi connectivity index (χ1n) is 7.75. The van der Waals surface area contributed by atoms with E-state index in [2.05, 4.69) is 39.0 Å². The number of ether oxygens (including phenoxy) is 1. The molecular weight excluding hydrogens is 288 g/mol. The van der Waals surface area contributed by atoms with Crippen LogP contribution in [0.4, 0.5) is 5.95 Å². The van der Waals surface area contributed by atoms with E-state index in [4.69, 9.17) is 4.74 Å². The molecule has 0 bridgehead atoms. The molecule has 2 N–H and O–H groups in total. The van der Waals surface area contributed by atoms with Gasteiger partial charge in [-0.05, 0) is 42.2 Å². The third-order valence-corrected chi connectivity index (χ3v) is 3.99. The Labute approximate surface area is 134 Å². The average Bonchev–Trinajstić information content (AvgIpc) is 3.44. The van der Waals surface area contributed by atoms with Crippen molar-refractivity contribution in [2.24, 2.45) is 0 Å². The fraction of sp³-hybridized carbons (Fsp3) is 0.222. The zero-order chi connectivity index (χ0) is 15.6. The molecule has 0 aliphatic heterocycles. The number of nitrogens with zero attached hydrogens (tertiary/aromatic N) is 2. The van der Waals surface area contributed by atoms with Crippen molar-refractivity contribution in [3.63, 3.8) is 0 Å². The van der Waals surface area contributed by atoms with Crippen molar-refractivity contribution in [2.45, 2.75) is 18.9 Å². The van der Waals surface area contributed by atoms with Gasteiger partial charge in [-0.25, -0.2) is 15.4 Å². The summed E-state index contributed by atoms with van der Waals surface area (Å²) >= 11 is 0. The lowest BCUT2D eigenvalue weighted by Crippen LogP contribution is -2.24. The summed E-state index contributed by atoms with van der Waals surface area (Å²) in [6.45, 7) is 0. The normalized spacial score (nSPS) is 14.0. The van der Waals surface area contributed by atoms with E-state index in [1.54, 1.807) is 7.11 Å². The number of fused-ring (bicyclic) bond motifs is 1. The Hall–Kier alpha value is -2.66. The van der Waals surface area contributed by atoms with Gasteiger partial charge in [-0.2, -0.15) is 0 Å². The number of hydrogen-bond acceptors (Lipinski definition) is 5. The van der Waals surface area contributed by atoms with Gasteiger partial charge >= 0.3 is 0 Å². The highest BCUT2D eigenvalue weighted by Crippen LogP contribution is 2.29. The van der Waals surface area contributed by atoms with Crippen LogP contribution in [-0.4, -0.2) is 23.1 Å². The number of methoxy groups -OCH3 is 1. The number of rotatable bonds is 5. The van der Waals surface area contributed by atoms with Gasteiger partial charge in [-0.15, -0.1) is 0 Å². The minimum atomic E-state index is 0.555. The SMILES string of the molecule is COc1ccc(-c2cccc3nc(NNC4CC4)ncc23)cc1. The summed E-state index contributed by atoms with van der Waals surface area (Å²) in [7, 11) is 1.67. The summed E-state index contributed by atoms with van der Waals surface area (Å²) in [5.41, 5.74) is 9.46. The molecule has 1 aliphatic rings. The molecule has 0 spiro atoms. The number of anilines is 1. The summed E-state index contributed by atoms with van der Waals surface area (Å²) in [5.74, 6) is 1.46. The fourth-order valence-corrected chi connectivity index (χ4v) is 2.53. The van der Waals surface area contributed by atoms with Crippen LogP contribution in [0.1, 0.15) is 12.8 Å². The van der Waals surface area contributed by atoms with E-state index in [0.29, 0.717) is 12.0 Å². The first-order valence-corrected chi connectivity index (χ1v) is 7.75. The molecule has 116 valence electrons. The Morgan fingerprint density at radius 1 is 1.09 bits per heavy atom. The first kappa shape index (κ1) is 14.0. The zero-order valence-corrected chi connectivity index (χ0v) is 12.9. The molecule has 0 unspecified atom stereocenters. The van der Waals surface area contributed by atoms with E-state index in [1.807, 2.05) is 30.5 Å². The van der Waals surface area contributed by atoms with Crippen molar-refractivity contribution < 1.29 is 4.74 Å². The fourth-order valence-electron chi connectivity index (χ4n) is 2.53. The van der Waals surface area contributed by atoms with E-state index >= 15 is 0 Å².